The van der Waals surface area contributed by atoms with Gasteiger partial charge in [0.1, 0.15) is 0 Å². The van der Waals surface area contributed by atoms with Gasteiger partial charge in [-0.25, -0.2) is 0 Å². The number of alkyl halides is 1. The van der Waals surface area contributed by atoms with Gasteiger partial charge < -0.3 is 0 Å². The molecule has 0 heterocycles. The second-order valence-corrected chi connectivity index (χ2v) is 4.48. The fourth-order valence-electron chi connectivity index (χ4n) is 1.98. The number of hydrogen-bond acceptors (Lipinski definition) is 0. The minimum Gasteiger partial charge on any atom is -0.0928 e. The lowest BCUT2D eigenvalue weighted by atomic mass is 9.84. The molecule has 0 aromatic carbocycles. The Hall–Kier alpha value is 0.220. The summed E-state index contributed by atoms with van der Waals surface area (Å²) in [4.78, 5) is 0. The zero-order chi connectivity index (χ0) is 8.81. The Balaban J connectivity index is 2.24. The van der Waals surface area contributed by atoms with Crippen LogP contribution < -0.4 is 0 Å². The molecule has 0 nitrogen and oxygen atoms in total. The molecule has 70 valence electrons. The SMILES string of the molecule is CCC=C1CCC(CCBr)CC1. The van der Waals surface area contributed by atoms with E-state index in [9.17, 15) is 0 Å². The largest absolute Gasteiger partial charge is 0.0928 e. The predicted octanol–water partition coefficient (Wildman–Crippen LogP) is 4.30. The van der Waals surface area contributed by atoms with Crippen LogP contribution >= 0.6 is 15.9 Å². The maximum atomic E-state index is 3.52. The van der Waals surface area contributed by atoms with E-state index >= 15 is 0 Å². The lowest BCUT2D eigenvalue weighted by molar-refractivity contribution is 0.400. The van der Waals surface area contributed by atoms with Crippen LogP contribution in [0.4, 0.5) is 0 Å². The molecule has 0 N–H and O–H groups in total. The minimum atomic E-state index is 0.999. The van der Waals surface area contributed by atoms with Gasteiger partial charge in [0.2, 0.25) is 0 Å². The Bertz CT molecular complexity index is 139. The van der Waals surface area contributed by atoms with Crippen LogP contribution in [0.3, 0.4) is 0 Å². The molecule has 0 bridgehead atoms. The highest BCUT2D eigenvalue weighted by Gasteiger charge is 2.14. The highest BCUT2D eigenvalue weighted by molar-refractivity contribution is 9.09. The third-order valence-corrected chi connectivity index (χ3v) is 3.22. The first-order valence-corrected chi connectivity index (χ1v) is 6.22. The third-order valence-electron chi connectivity index (χ3n) is 2.76. The fraction of sp³-hybridized carbons (Fsp3) is 0.818. The van der Waals surface area contributed by atoms with Crippen molar-refractivity contribution in [2.45, 2.75) is 45.4 Å². The van der Waals surface area contributed by atoms with Crippen LogP contribution in [0.15, 0.2) is 11.6 Å². The maximum absolute atomic E-state index is 3.52. The van der Waals surface area contributed by atoms with E-state index in [-0.39, 0.29) is 0 Å². The average Bonchev–Trinajstić information content (AvgIpc) is 2.09. The summed E-state index contributed by atoms with van der Waals surface area (Å²) in [5.41, 5.74) is 1.71. The van der Waals surface area contributed by atoms with Gasteiger partial charge >= 0.3 is 0 Å². The molecule has 12 heavy (non-hydrogen) atoms. The van der Waals surface area contributed by atoms with E-state index < -0.39 is 0 Å². The molecule has 1 aliphatic carbocycles. The van der Waals surface area contributed by atoms with E-state index in [2.05, 4.69) is 28.9 Å². The monoisotopic (exact) mass is 230 g/mol. The Morgan fingerprint density at radius 2 is 2.08 bits per heavy atom. The molecular weight excluding hydrogens is 212 g/mol. The summed E-state index contributed by atoms with van der Waals surface area (Å²) in [6.45, 7) is 2.23. The van der Waals surface area contributed by atoms with Gasteiger partial charge in [0.25, 0.3) is 0 Å². The lowest BCUT2D eigenvalue weighted by Gasteiger charge is -2.23. The normalized spacial score (nSPS) is 24.2. The lowest BCUT2D eigenvalue weighted by Crippen LogP contribution is -2.08. The third kappa shape index (κ3) is 3.30. The highest BCUT2D eigenvalue weighted by atomic mass is 79.9. The molecule has 0 radical (unpaired) electrons. The van der Waals surface area contributed by atoms with Crippen LogP contribution in [0.2, 0.25) is 0 Å². The molecule has 0 aromatic heterocycles. The Morgan fingerprint density at radius 1 is 1.42 bits per heavy atom. The van der Waals surface area contributed by atoms with Gasteiger partial charge in [0, 0.05) is 5.33 Å². The molecule has 0 aromatic rings. The van der Waals surface area contributed by atoms with Gasteiger partial charge in [0.15, 0.2) is 0 Å². The van der Waals surface area contributed by atoms with Crippen LogP contribution in [0.1, 0.15) is 45.4 Å². The van der Waals surface area contributed by atoms with Crippen molar-refractivity contribution in [2.24, 2.45) is 5.92 Å². The Morgan fingerprint density at radius 3 is 2.58 bits per heavy atom. The van der Waals surface area contributed by atoms with Crippen LogP contribution in [-0.2, 0) is 0 Å². The first-order chi connectivity index (χ1) is 5.86. The smallest absolute Gasteiger partial charge is 0.00339 e. The van der Waals surface area contributed by atoms with Crippen molar-refractivity contribution in [3.63, 3.8) is 0 Å². The summed E-state index contributed by atoms with van der Waals surface area (Å²) in [6.07, 6.45) is 10.6. The van der Waals surface area contributed by atoms with Crippen LogP contribution in [0.5, 0.6) is 0 Å². The van der Waals surface area contributed by atoms with Gasteiger partial charge in [-0.2, -0.15) is 0 Å². The molecule has 1 saturated carbocycles. The van der Waals surface area contributed by atoms with E-state index in [1.54, 1.807) is 5.57 Å². The number of halogens is 1. The van der Waals surface area contributed by atoms with Crippen LogP contribution in [0.25, 0.3) is 0 Å². The standard InChI is InChI=1S/C11H19Br/c1-2-3-10-4-6-11(7-5-10)8-9-12/h3,11H,2,4-9H2,1H3. The first kappa shape index (κ1) is 10.3. The summed E-state index contributed by atoms with van der Waals surface area (Å²) in [5, 5.41) is 1.19. The predicted molar refractivity (Wildman–Crippen MR) is 58.7 cm³/mol. The minimum absolute atomic E-state index is 0.999. The molecule has 0 saturated heterocycles. The number of rotatable bonds is 3. The first-order valence-electron chi connectivity index (χ1n) is 5.10. The van der Waals surface area contributed by atoms with Crippen molar-refractivity contribution in [3.8, 4) is 0 Å². The van der Waals surface area contributed by atoms with E-state index in [0.717, 1.165) is 5.92 Å². The molecule has 1 aliphatic rings. The van der Waals surface area contributed by atoms with E-state index in [0.29, 0.717) is 0 Å². The molecular formula is C11H19Br. The van der Waals surface area contributed by atoms with Crippen molar-refractivity contribution in [1.29, 1.82) is 0 Å². The van der Waals surface area contributed by atoms with Crippen molar-refractivity contribution >= 4 is 15.9 Å². The molecule has 1 rings (SSSR count). The Kier molecular flexibility index (Phi) is 4.98. The van der Waals surface area contributed by atoms with Crippen molar-refractivity contribution < 1.29 is 0 Å². The molecule has 1 heteroatoms. The van der Waals surface area contributed by atoms with Crippen molar-refractivity contribution in [1.82, 2.24) is 0 Å². The van der Waals surface area contributed by atoms with Crippen LogP contribution in [-0.4, -0.2) is 5.33 Å². The summed E-state index contributed by atoms with van der Waals surface area (Å²) in [6, 6.07) is 0. The fourth-order valence-corrected chi connectivity index (χ4v) is 2.63. The number of allylic oxidation sites excluding steroid dienone is 2. The Labute approximate surface area is 84.6 Å². The van der Waals surface area contributed by atoms with Crippen molar-refractivity contribution in [3.05, 3.63) is 11.6 Å². The summed E-state index contributed by atoms with van der Waals surface area (Å²) in [7, 11) is 0. The van der Waals surface area contributed by atoms with E-state index in [1.165, 1.54) is 43.9 Å². The van der Waals surface area contributed by atoms with Gasteiger partial charge in [-0.05, 0) is 44.4 Å². The van der Waals surface area contributed by atoms with Gasteiger partial charge in [-0.1, -0.05) is 34.5 Å². The zero-order valence-corrected chi connectivity index (χ0v) is 9.57. The van der Waals surface area contributed by atoms with Crippen LogP contribution in [0, 0.1) is 5.92 Å². The molecule has 0 atom stereocenters. The second-order valence-electron chi connectivity index (χ2n) is 3.69. The van der Waals surface area contributed by atoms with E-state index in [4.69, 9.17) is 0 Å². The van der Waals surface area contributed by atoms with E-state index in [1.807, 2.05) is 0 Å². The molecule has 0 aliphatic heterocycles. The molecule has 0 unspecified atom stereocenters. The van der Waals surface area contributed by atoms with Gasteiger partial charge in [0.05, 0.1) is 0 Å². The topological polar surface area (TPSA) is 0 Å². The summed E-state index contributed by atoms with van der Waals surface area (Å²) < 4.78 is 0. The zero-order valence-electron chi connectivity index (χ0n) is 7.98. The second kappa shape index (κ2) is 5.80. The molecule has 0 spiro atoms. The quantitative estimate of drug-likeness (QED) is 0.501. The summed E-state index contributed by atoms with van der Waals surface area (Å²) in [5.74, 6) is 0.999. The van der Waals surface area contributed by atoms with Gasteiger partial charge in [-0.15, -0.1) is 0 Å². The number of hydrogen-bond donors (Lipinski definition) is 0. The van der Waals surface area contributed by atoms with Gasteiger partial charge in [-0.3, -0.25) is 0 Å². The maximum Gasteiger partial charge on any atom is 0.00339 e. The van der Waals surface area contributed by atoms with Crippen molar-refractivity contribution in [2.75, 3.05) is 5.33 Å². The highest BCUT2D eigenvalue weighted by Crippen LogP contribution is 2.30. The summed E-state index contributed by atoms with van der Waals surface area (Å²) >= 11 is 3.52. The molecule has 0 amide bonds. The average molecular weight is 231 g/mol. The molecule has 1 fully saturated rings.